The van der Waals surface area contributed by atoms with E-state index in [4.69, 9.17) is 23.2 Å². The molecule has 3 aromatic carbocycles. The number of nitrogens with zero attached hydrogens (tertiary/aromatic N) is 1. The van der Waals surface area contributed by atoms with E-state index in [-0.39, 0.29) is 5.41 Å². The van der Waals surface area contributed by atoms with Gasteiger partial charge in [-0.25, -0.2) is 4.98 Å². The fourth-order valence-electron chi connectivity index (χ4n) is 3.71. The van der Waals surface area contributed by atoms with E-state index in [0.717, 1.165) is 23.4 Å². The Morgan fingerprint density at radius 3 is 1.88 bits per heavy atom. The molecule has 0 unspecified atom stereocenters. The lowest BCUT2D eigenvalue weighted by Crippen LogP contribution is -2.41. The SMILES string of the molecule is CC(C)(C)c1cnc(Cc2ccc(Cl)cc2Cl)[nH]1.CCB(c1ccccc1)c1ccccc1. The molecule has 0 atom stereocenters. The van der Waals surface area contributed by atoms with Gasteiger partial charge < -0.3 is 4.98 Å². The van der Waals surface area contributed by atoms with Crippen molar-refractivity contribution in [3.8, 4) is 0 Å². The third-order valence-corrected chi connectivity index (χ3v) is 6.21. The highest BCUT2D eigenvalue weighted by molar-refractivity contribution is 6.85. The number of nitrogens with one attached hydrogen (secondary N) is 1. The third-order valence-electron chi connectivity index (χ3n) is 5.62. The lowest BCUT2D eigenvalue weighted by atomic mass is 9.39. The molecular weight excluding hydrogens is 446 g/mol. The van der Waals surface area contributed by atoms with Crippen molar-refractivity contribution in [2.45, 2.75) is 45.9 Å². The maximum Gasteiger partial charge on any atom is 0.209 e. The highest BCUT2D eigenvalue weighted by Crippen LogP contribution is 2.24. The molecule has 1 N–H and O–H groups in total. The molecule has 0 fully saturated rings. The van der Waals surface area contributed by atoms with Gasteiger partial charge in [-0.3, -0.25) is 0 Å². The predicted molar refractivity (Wildman–Crippen MR) is 145 cm³/mol. The van der Waals surface area contributed by atoms with Gasteiger partial charge in [0.1, 0.15) is 5.82 Å². The van der Waals surface area contributed by atoms with Gasteiger partial charge in [0.05, 0.1) is 0 Å². The average molecular weight is 477 g/mol. The summed E-state index contributed by atoms with van der Waals surface area (Å²) in [5.74, 6) is 0.921. The van der Waals surface area contributed by atoms with E-state index in [1.165, 1.54) is 10.9 Å². The lowest BCUT2D eigenvalue weighted by molar-refractivity contribution is 0.571. The Balaban J connectivity index is 0.000000189. The van der Waals surface area contributed by atoms with E-state index < -0.39 is 0 Å². The number of aromatic amines is 1. The van der Waals surface area contributed by atoms with Crippen LogP contribution in [-0.2, 0) is 11.8 Å². The van der Waals surface area contributed by atoms with Gasteiger partial charge in [-0.2, -0.15) is 0 Å². The first-order valence-electron chi connectivity index (χ1n) is 11.4. The quantitative estimate of drug-likeness (QED) is 0.311. The van der Waals surface area contributed by atoms with Crippen molar-refractivity contribution in [1.29, 1.82) is 0 Å². The van der Waals surface area contributed by atoms with Crippen LogP contribution in [-0.4, -0.2) is 16.7 Å². The summed E-state index contributed by atoms with van der Waals surface area (Å²) in [7, 11) is 0. The van der Waals surface area contributed by atoms with Crippen LogP contribution >= 0.6 is 23.2 Å². The van der Waals surface area contributed by atoms with Gasteiger partial charge in [0.2, 0.25) is 6.71 Å². The largest absolute Gasteiger partial charge is 0.345 e. The molecule has 0 aliphatic rings. The first-order chi connectivity index (χ1) is 15.8. The molecule has 0 saturated heterocycles. The number of benzene rings is 3. The second-order valence-electron chi connectivity index (χ2n) is 9.19. The van der Waals surface area contributed by atoms with Gasteiger partial charge in [-0.1, -0.05) is 135 Å². The zero-order chi connectivity index (χ0) is 23.8. The van der Waals surface area contributed by atoms with Crippen LogP contribution in [0.1, 0.15) is 44.8 Å². The van der Waals surface area contributed by atoms with Crippen LogP contribution in [0.3, 0.4) is 0 Å². The molecule has 33 heavy (non-hydrogen) atoms. The smallest absolute Gasteiger partial charge is 0.209 e. The minimum atomic E-state index is 0.0784. The average Bonchev–Trinajstić information content (AvgIpc) is 3.28. The van der Waals surface area contributed by atoms with E-state index in [9.17, 15) is 0 Å². The van der Waals surface area contributed by atoms with Gasteiger partial charge in [0.15, 0.2) is 0 Å². The van der Waals surface area contributed by atoms with E-state index >= 15 is 0 Å². The molecular formula is C28H31BCl2N2. The Bertz CT molecular complexity index is 1100. The second kappa shape index (κ2) is 11.6. The molecule has 0 spiro atoms. The number of imidazole rings is 1. The molecule has 170 valence electrons. The van der Waals surface area contributed by atoms with Crippen LogP contribution in [0.2, 0.25) is 16.4 Å². The summed E-state index contributed by atoms with van der Waals surface area (Å²) in [6.07, 6.45) is 3.72. The van der Waals surface area contributed by atoms with Gasteiger partial charge >= 0.3 is 0 Å². The van der Waals surface area contributed by atoms with Crippen molar-refractivity contribution in [2.24, 2.45) is 0 Å². The molecule has 2 nitrogen and oxygen atoms in total. The van der Waals surface area contributed by atoms with Crippen LogP contribution in [0.4, 0.5) is 0 Å². The zero-order valence-corrected chi connectivity index (χ0v) is 21.3. The van der Waals surface area contributed by atoms with E-state index in [1.54, 1.807) is 6.07 Å². The predicted octanol–water partition coefficient (Wildman–Crippen LogP) is 6.92. The van der Waals surface area contributed by atoms with Crippen molar-refractivity contribution in [3.63, 3.8) is 0 Å². The third kappa shape index (κ3) is 7.25. The Morgan fingerprint density at radius 1 is 0.848 bits per heavy atom. The van der Waals surface area contributed by atoms with Gasteiger partial charge in [-0.05, 0) is 17.7 Å². The summed E-state index contributed by atoms with van der Waals surface area (Å²) >= 11 is 12.0. The summed E-state index contributed by atoms with van der Waals surface area (Å²) in [5.41, 5.74) is 5.05. The highest BCUT2D eigenvalue weighted by Gasteiger charge is 2.17. The van der Waals surface area contributed by atoms with Crippen LogP contribution in [0.5, 0.6) is 0 Å². The van der Waals surface area contributed by atoms with Gasteiger partial charge in [-0.15, -0.1) is 0 Å². The molecule has 4 rings (SSSR count). The molecule has 0 aliphatic carbocycles. The summed E-state index contributed by atoms with van der Waals surface area (Å²) in [6.45, 7) is 9.23. The van der Waals surface area contributed by atoms with Crippen molar-refractivity contribution in [1.82, 2.24) is 9.97 Å². The topological polar surface area (TPSA) is 28.7 Å². The van der Waals surface area contributed by atoms with Crippen molar-refractivity contribution < 1.29 is 0 Å². The van der Waals surface area contributed by atoms with Crippen molar-refractivity contribution >= 4 is 40.8 Å². The Kier molecular flexibility index (Phi) is 8.83. The summed E-state index contributed by atoms with van der Waals surface area (Å²) < 4.78 is 0. The van der Waals surface area contributed by atoms with E-state index in [0.29, 0.717) is 23.2 Å². The van der Waals surface area contributed by atoms with Crippen LogP contribution in [0, 0.1) is 0 Å². The maximum atomic E-state index is 6.15. The monoisotopic (exact) mass is 476 g/mol. The summed E-state index contributed by atoms with van der Waals surface area (Å²) in [5, 5.41) is 1.33. The highest BCUT2D eigenvalue weighted by atomic mass is 35.5. The van der Waals surface area contributed by atoms with Crippen LogP contribution < -0.4 is 10.9 Å². The molecule has 0 radical (unpaired) electrons. The van der Waals surface area contributed by atoms with Crippen molar-refractivity contribution in [2.75, 3.05) is 0 Å². The normalized spacial score (nSPS) is 11.0. The zero-order valence-electron chi connectivity index (χ0n) is 19.8. The standard InChI is InChI=1S/C14H15B.C14H16Cl2N2/c1-2-15(13-9-5-3-6-10-13)14-11-7-4-8-12-14;1-14(2,3)12-8-17-13(18-12)6-9-4-5-10(15)7-11(9)16/h3-12H,2H2,1H3;4-5,7-8H,6H2,1-3H3,(H,17,18). The number of halogens is 2. The van der Waals surface area contributed by atoms with Crippen LogP contribution in [0.15, 0.2) is 85.1 Å². The first-order valence-corrected chi connectivity index (χ1v) is 12.1. The molecule has 4 aromatic rings. The number of aromatic nitrogens is 2. The second-order valence-corrected chi connectivity index (χ2v) is 10.0. The number of hydrogen-bond donors (Lipinski definition) is 1. The van der Waals surface area contributed by atoms with Crippen molar-refractivity contribution in [3.05, 3.63) is 112 Å². The molecule has 0 saturated carbocycles. The number of hydrogen-bond acceptors (Lipinski definition) is 1. The maximum absolute atomic E-state index is 6.15. The number of rotatable bonds is 5. The summed E-state index contributed by atoms with van der Waals surface area (Å²) in [6, 6.07) is 27.0. The molecule has 0 aliphatic heterocycles. The van der Waals surface area contributed by atoms with Crippen LogP contribution in [0.25, 0.3) is 0 Å². The molecule has 5 heteroatoms. The number of H-pyrrole nitrogens is 1. The first kappa shape index (κ1) is 25.1. The Labute approximate surface area is 208 Å². The molecule has 0 bridgehead atoms. The summed E-state index contributed by atoms with van der Waals surface area (Å²) in [4.78, 5) is 7.73. The van der Waals surface area contributed by atoms with Gasteiger partial charge in [0.25, 0.3) is 0 Å². The minimum absolute atomic E-state index is 0.0784. The van der Waals surface area contributed by atoms with E-state index in [2.05, 4.69) is 98.3 Å². The fourth-order valence-corrected chi connectivity index (χ4v) is 4.19. The van der Waals surface area contributed by atoms with E-state index in [1.807, 2.05) is 18.3 Å². The lowest BCUT2D eigenvalue weighted by Gasteiger charge is -2.15. The van der Waals surface area contributed by atoms with Gasteiger partial charge in [0, 0.05) is 33.8 Å². The Morgan fingerprint density at radius 2 is 1.42 bits per heavy atom. The molecule has 0 amide bonds. The fraction of sp³-hybridized carbons (Fsp3) is 0.250. The molecule has 1 aromatic heterocycles. The Hall–Kier alpha value is -2.49. The minimum Gasteiger partial charge on any atom is -0.345 e. The molecule has 1 heterocycles.